The van der Waals surface area contributed by atoms with E-state index in [1.54, 1.807) is 0 Å². The van der Waals surface area contributed by atoms with Gasteiger partial charge in [0.2, 0.25) is 5.91 Å². The summed E-state index contributed by atoms with van der Waals surface area (Å²) in [4.78, 5) is 14.3. The number of carbonyl (C=O) groups excluding carboxylic acids is 1. The Balaban J connectivity index is 1.73. The third-order valence-corrected chi connectivity index (χ3v) is 5.14. The average molecular weight is 236 g/mol. The van der Waals surface area contributed by atoms with Crippen LogP contribution in [0, 0.1) is 0 Å². The Morgan fingerprint density at radius 1 is 1.24 bits per heavy atom. The van der Waals surface area contributed by atoms with Crippen molar-refractivity contribution in [2.45, 2.75) is 75.9 Å². The molecule has 2 aliphatic heterocycles. The molecular formula is C14H24N2O. The van der Waals surface area contributed by atoms with Crippen LogP contribution in [0.15, 0.2) is 0 Å². The maximum absolute atomic E-state index is 11.6. The van der Waals surface area contributed by atoms with Crippen molar-refractivity contribution in [3.05, 3.63) is 0 Å². The van der Waals surface area contributed by atoms with Gasteiger partial charge in [-0.25, -0.2) is 0 Å². The van der Waals surface area contributed by atoms with Crippen LogP contribution < -0.4 is 5.32 Å². The Morgan fingerprint density at radius 3 is 2.76 bits per heavy atom. The van der Waals surface area contributed by atoms with E-state index in [2.05, 4.69) is 17.1 Å². The van der Waals surface area contributed by atoms with E-state index in [1.807, 2.05) is 0 Å². The first-order chi connectivity index (χ1) is 8.19. The summed E-state index contributed by atoms with van der Waals surface area (Å²) >= 11 is 0. The summed E-state index contributed by atoms with van der Waals surface area (Å²) in [6.07, 6.45) is 9.90. The van der Waals surface area contributed by atoms with Crippen LogP contribution in [-0.4, -0.2) is 35.0 Å². The van der Waals surface area contributed by atoms with Crippen molar-refractivity contribution in [2.75, 3.05) is 6.54 Å². The lowest BCUT2D eigenvalue weighted by atomic mass is 9.84. The third-order valence-electron chi connectivity index (χ3n) is 5.14. The number of hydrogen-bond acceptors (Lipinski definition) is 2. The van der Waals surface area contributed by atoms with Crippen LogP contribution in [0.5, 0.6) is 0 Å². The first-order valence-electron chi connectivity index (χ1n) is 7.26. The van der Waals surface area contributed by atoms with E-state index in [4.69, 9.17) is 0 Å². The summed E-state index contributed by atoms with van der Waals surface area (Å²) in [6, 6.07) is 1.40. The number of nitrogens with one attached hydrogen (secondary N) is 1. The van der Waals surface area contributed by atoms with Gasteiger partial charge in [0.05, 0.1) is 5.54 Å². The van der Waals surface area contributed by atoms with Gasteiger partial charge in [0.1, 0.15) is 0 Å². The number of rotatable bonds is 1. The normalized spacial score (nSPS) is 40.1. The number of hydrogen-bond donors (Lipinski definition) is 1. The topological polar surface area (TPSA) is 32.3 Å². The zero-order valence-corrected chi connectivity index (χ0v) is 10.9. The zero-order chi connectivity index (χ0) is 11.9. The molecule has 1 N–H and O–H groups in total. The molecule has 0 bridgehead atoms. The van der Waals surface area contributed by atoms with Gasteiger partial charge in [-0.1, -0.05) is 19.3 Å². The molecule has 3 nitrogen and oxygen atoms in total. The minimum atomic E-state index is 0.0623. The summed E-state index contributed by atoms with van der Waals surface area (Å²) in [6.45, 7) is 3.43. The highest BCUT2D eigenvalue weighted by molar-refractivity contribution is 5.78. The van der Waals surface area contributed by atoms with Gasteiger partial charge in [-0.15, -0.1) is 0 Å². The number of amides is 1. The fourth-order valence-electron chi connectivity index (χ4n) is 4.18. The molecule has 2 saturated heterocycles. The molecule has 0 aromatic carbocycles. The first kappa shape index (κ1) is 11.5. The lowest BCUT2D eigenvalue weighted by Gasteiger charge is -2.43. The molecule has 0 aromatic heterocycles. The molecule has 96 valence electrons. The summed E-state index contributed by atoms with van der Waals surface area (Å²) in [5.41, 5.74) is 0.0623. The fourth-order valence-corrected chi connectivity index (χ4v) is 4.18. The maximum Gasteiger partial charge on any atom is 0.220 e. The zero-order valence-electron chi connectivity index (χ0n) is 10.9. The largest absolute Gasteiger partial charge is 0.349 e. The number of carbonyl (C=O) groups is 1. The van der Waals surface area contributed by atoms with Crippen molar-refractivity contribution in [3.8, 4) is 0 Å². The second-order valence-electron chi connectivity index (χ2n) is 6.30. The van der Waals surface area contributed by atoms with E-state index in [9.17, 15) is 4.79 Å². The summed E-state index contributed by atoms with van der Waals surface area (Å²) in [5.74, 6) is 0.259. The molecule has 1 aliphatic carbocycles. The second kappa shape index (κ2) is 4.27. The molecule has 2 atom stereocenters. The highest BCUT2D eigenvalue weighted by Crippen LogP contribution is 2.38. The molecule has 3 aliphatic rings. The predicted octanol–water partition coefficient (Wildman–Crippen LogP) is 2.06. The highest BCUT2D eigenvalue weighted by Gasteiger charge is 2.48. The van der Waals surface area contributed by atoms with Crippen LogP contribution in [0.1, 0.15) is 58.3 Å². The Hall–Kier alpha value is -0.570. The maximum atomic E-state index is 11.6. The van der Waals surface area contributed by atoms with E-state index in [0.717, 1.165) is 25.3 Å². The standard InChI is InChI=1S/C14H24N2O/c1-14-9-10-16(11-5-3-2-4-6-11)12(14)7-8-13(17)15-14/h11-12H,2-10H2,1H3,(H,15,17)/t12-,14-/m0/s1. The average Bonchev–Trinajstić information content (AvgIpc) is 2.66. The first-order valence-corrected chi connectivity index (χ1v) is 7.26. The van der Waals surface area contributed by atoms with Gasteiger partial charge in [-0.2, -0.15) is 0 Å². The molecule has 0 radical (unpaired) electrons. The van der Waals surface area contributed by atoms with Crippen LogP contribution >= 0.6 is 0 Å². The molecule has 0 spiro atoms. The molecule has 3 fully saturated rings. The van der Waals surface area contributed by atoms with E-state index in [1.165, 1.54) is 38.6 Å². The van der Waals surface area contributed by atoms with Gasteiger partial charge in [0.15, 0.2) is 0 Å². The molecule has 0 unspecified atom stereocenters. The van der Waals surface area contributed by atoms with Crippen molar-refractivity contribution in [3.63, 3.8) is 0 Å². The van der Waals surface area contributed by atoms with Crippen molar-refractivity contribution >= 4 is 5.91 Å². The number of likely N-dealkylation sites (tertiary alicyclic amines) is 1. The minimum Gasteiger partial charge on any atom is -0.349 e. The second-order valence-corrected chi connectivity index (χ2v) is 6.30. The quantitative estimate of drug-likeness (QED) is 0.756. The Morgan fingerprint density at radius 2 is 2.00 bits per heavy atom. The van der Waals surface area contributed by atoms with Gasteiger partial charge >= 0.3 is 0 Å². The fraction of sp³-hybridized carbons (Fsp3) is 0.929. The van der Waals surface area contributed by atoms with Crippen LogP contribution in [-0.2, 0) is 4.79 Å². The lowest BCUT2D eigenvalue weighted by Crippen LogP contribution is -2.59. The number of nitrogens with zero attached hydrogens (tertiary/aromatic N) is 1. The monoisotopic (exact) mass is 236 g/mol. The Kier molecular flexibility index (Phi) is 2.89. The van der Waals surface area contributed by atoms with Gasteiger partial charge in [-0.05, 0) is 32.6 Å². The summed E-state index contributed by atoms with van der Waals surface area (Å²) in [5, 5.41) is 3.24. The van der Waals surface area contributed by atoms with E-state index in [-0.39, 0.29) is 11.4 Å². The van der Waals surface area contributed by atoms with Crippen molar-refractivity contribution in [1.29, 1.82) is 0 Å². The van der Waals surface area contributed by atoms with Crippen molar-refractivity contribution in [1.82, 2.24) is 10.2 Å². The SMILES string of the molecule is C[C@]12CCN(C3CCCCC3)[C@H]1CCC(=O)N2. The summed E-state index contributed by atoms with van der Waals surface area (Å²) < 4.78 is 0. The number of piperidine rings is 1. The Bertz CT molecular complexity index is 311. The van der Waals surface area contributed by atoms with Gasteiger partial charge in [0, 0.05) is 25.0 Å². The molecule has 3 heteroatoms. The van der Waals surface area contributed by atoms with Gasteiger partial charge < -0.3 is 5.32 Å². The van der Waals surface area contributed by atoms with E-state index < -0.39 is 0 Å². The van der Waals surface area contributed by atoms with E-state index in [0.29, 0.717) is 6.04 Å². The molecule has 1 saturated carbocycles. The summed E-state index contributed by atoms with van der Waals surface area (Å²) in [7, 11) is 0. The van der Waals surface area contributed by atoms with Crippen molar-refractivity contribution in [2.24, 2.45) is 0 Å². The lowest BCUT2D eigenvalue weighted by molar-refractivity contribution is -0.126. The van der Waals surface area contributed by atoms with Crippen LogP contribution in [0.25, 0.3) is 0 Å². The van der Waals surface area contributed by atoms with Crippen LogP contribution in [0.4, 0.5) is 0 Å². The minimum absolute atomic E-state index is 0.0623. The smallest absolute Gasteiger partial charge is 0.220 e. The molecule has 1 amide bonds. The molecular weight excluding hydrogens is 212 g/mol. The predicted molar refractivity (Wildman–Crippen MR) is 67.8 cm³/mol. The molecule has 17 heavy (non-hydrogen) atoms. The third kappa shape index (κ3) is 1.99. The Labute approximate surface area is 104 Å². The number of fused-ring (bicyclic) bond motifs is 1. The van der Waals surface area contributed by atoms with Crippen molar-refractivity contribution < 1.29 is 4.79 Å². The van der Waals surface area contributed by atoms with Gasteiger partial charge in [-0.3, -0.25) is 9.69 Å². The molecule has 2 heterocycles. The molecule has 0 aromatic rings. The van der Waals surface area contributed by atoms with Crippen LogP contribution in [0.2, 0.25) is 0 Å². The van der Waals surface area contributed by atoms with Crippen LogP contribution in [0.3, 0.4) is 0 Å². The van der Waals surface area contributed by atoms with E-state index >= 15 is 0 Å². The van der Waals surface area contributed by atoms with Gasteiger partial charge in [0.25, 0.3) is 0 Å². The highest BCUT2D eigenvalue weighted by atomic mass is 16.1. The molecule has 3 rings (SSSR count).